The number of nitrogens with one attached hydrogen (secondary N) is 1. The van der Waals surface area contributed by atoms with Crippen LogP contribution in [0.4, 0.5) is 0 Å². The molecule has 0 amide bonds. The number of aryl methyl sites for hydroxylation is 2. The van der Waals surface area contributed by atoms with Crippen LogP contribution in [-0.2, 0) is 19.4 Å². The molecule has 0 fully saturated rings. The number of fused-ring (bicyclic) bond motifs is 1. The molecule has 2 aromatic heterocycles. The Kier molecular flexibility index (Phi) is 3.40. The van der Waals surface area contributed by atoms with Gasteiger partial charge in [-0.15, -0.1) is 0 Å². The number of imidazole rings is 1. The van der Waals surface area contributed by atoms with E-state index in [1.165, 1.54) is 17.8 Å². The average molecular weight is 272 g/mol. The summed E-state index contributed by atoms with van der Waals surface area (Å²) in [6.07, 6.45) is 3.33. The summed E-state index contributed by atoms with van der Waals surface area (Å²) in [6, 6.07) is 2.17. The Morgan fingerprint density at radius 2 is 2.15 bits per heavy atom. The van der Waals surface area contributed by atoms with Crippen molar-refractivity contribution < 1.29 is 0 Å². The third-order valence-corrected chi connectivity index (χ3v) is 4.32. The van der Waals surface area contributed by atoms with Crippen molar-refractivity contribution in [3.05, 3.63) is 23.1 Å². The maximum Gasteiger partial charge on any atom is 0.156 e. The summed E-state index contributed by atoms with van der Waals surface area (Å²) in [5, 5.41) is 4.62. The van der Waals surface area contributed by atoms with Crippen molar-refractivity contribution in [3.63, 3.8) is 0 Å². The summed E-state index contributed by atoms with van der Waals surface area (Å²) < 4.78 is 2.05. The van der Waals surface area contributed by atoms with E-state index in [4.69, 9.17) is 4.98 Å². The van der Waals surface area contributed by atoms with Gasteiger partial charge in [-0.1, -0.05) is 20.8 Å². The lowest BCUT2D eigenvalue weighted by molar-refractivity contribution is 0.440. The first kappa shape index (κ1) is 13.4. The van der Waals surface area contributed by atoms with Gasteiger partial charge >= 0.3 is 0 Å². The third kappa shape index (κ3) is 2.17. The van der Waals surface area contributed by atoms with Gasteiger partial charge in [0, 0.05) is 18.2 Å². The summed E-state index contributed by atoms with van der Waals surface area (Å²) in [6.45, 7) is 9.76. The molecule has 4 heteroatoms. The van der Waals surface area contributed by atoms with Crippen molar-refractivity contribution in [2.45, 2.75) is 59.4 Å². The Balaban J connectivity index is 2.03. The molecule has 0 bridgehead atoms. The van der Waals surface area contributed by atoms with Crippen LogP contribution in [0.25, 0.3) is 11.5 Å². The first-order valence-electron chi connectivity index (χ1n) is 7.78. The van der Waals surface area contributed by atoms with Crippen molar-refractivity contribution in [2.24, 2.45) is 5.92 Å². The quantitative estimate of drug-likeness (QED) is 0.929. The van der Waals surface area contributed by atoms with Crippen molar-refractivity contribution in [3.8, 4) is 11.5 Å². The average Bonchev–Trinajstić information content (AvgIpc) is 3.01. The minimum Gasteiger partial charge on any atom is -0.340 e. The molecule has 1 aliphatic rings. The molecule has 4 nitrogen and oxygen atoms in total. The van der Waals surface area contributed by atoms with Gasteiger partial charge in [0.2, 0.25) is 0 Å². The molecule has 0 radical (unpaired) electrons. The summed E-state index contributed by atoms with van der Waals surface area (Å²) in [5.41, 5.74) is 4.85. The number of nitrogens with zero attached hydrogens (tertiary/aromatic N) is 3. The van der Waals surface area contributed by atoms with E-state index in [-0.39, 0.29) is 0 Å². The monoisotopic (exact) mass is 272 g/mol. The highest BCUT2D eigenvalue weighted by atomic mass is 15.3. The molecule has 0 spiro atoms. The van der Waals surface area contributed by atoms with Crippen LogP contribution in [0.2, 0.25) is 0 Å². The molecule has 0 saturated carbocycles. The van der Waals surface area contributed by atoms with Crippen LogP contribution in [0.5, 0.6) is 0 Å². The van der Waals surface area contributed by atoms with E-state index in [1.54, 1.807) is 0 Å². The zero-order chi connectivity index (χ0) is 14.3. The smallest absolute Gasteiger partial charge is 0.156 e. The molecule has 2 unspecified atom stereocenters. The van der Waals surface area contributed by atoms with Crippen LogP contribution in [0.1, 0.15) is 57.1 Å². The zero-order valence-electron chi connectivity index (χ0n) is 12.9. The standard InChI is InChI=1S/C16H24N4/c1-5-12-9-14(20(6-2)19-12)16-17-13-8-10(3)7-11(4)15(13)18-16/h9-11H,5-8H2,1-4H3,(H,17,18). The highest BCUT2D eigenvalue weighted by Gasteiger charge is 2.26. The van der Waals surface area contributed by atoms with Gasteiger partial charge in [0.05, 0.1) is 11.4 Å². The maximum absolute atomic E-state index is 4.88. The predicted octanol–water partition coefficient (Wildman–Crippen LogP) is 3.54. The first-order chi connectivity index (χ1) is 9.62. The van der Waals surface area contributed by atoms with Gasteiger partial charge in [-0.3, -0.25) is 4.68 Å². The number of hydrogen-bond donors (Lipinski definition) is 1. The summed E-state index contributed by atoms with van der Waals surface area (Å²) in [7, 11) is 0. The SMILES string of the molecule is CCc1cc(-c2nc3c([nH]2)CC(C)CC3C)n(CC)n1. The van der Waals surface area contributed by atoms with Crippen molar-refractivity contribution in [1.29, 1.82) is 0 Å². The molecule has 3 rings (SSSR count). The Hall–Kier alpha value is -1.58. The number of aromatic amines is 1. The Bertz CT molecular complexity index is 608. The van der Waals surface area contributed by atoms with E-state index >= 15 is 0 Å². The lowest BCUT2D eigenvalue weighted by atomic mass is 9.84. The summed E-state index contributed by atoms with van der Waals surface area (Å²) >= 11 is 0. The van der Waals surface area contributed by atoms with Gasteiger partial charge in [0.15, 0.2) is 5.82 Å². The molecule has 1 aliphatic carbocycles. The molecule has 108 valence electrons. The Morgan fingerprint density at radius 3 is 2.85 bits per heavy atom. The van der Waals surface area contributed by atoms with E-state index in [1.807, 2.05) is 0 Å². The normalized spacial score (nSPS) is 22.0. The third-order valence-electron chi connectivity index (χ3n) is 4.32. The molecule has 0 saturated heterocycles. The number of rotatable bonds is 3. The minimum absolute atomic E-state index is 0.558. The number of aromatic nitrogens is 4. The van der Waals surface area contributed by atoms with Gasteiger partial charge in [-0.2, -0.15) is 5.10 Å². The fourth-order valence-corrected chi connectivity index (χ4v) is 3.33. The lowest BCUT2D eigenvalue weighted by Crippen LogP contribution is -2.14. The molecule has 20 heavy (non-hydrogen) atoms. The number of hydrogen-bond acceptors (Lipinski definition) is 2. The highest BCUT2D eigenvalue weighted by molar-refractivity contribution is 5.52. The van der Waals surface area contributed by atoms with Gasteiger partial charge in [0.25, 0.3) is 0 Å². The zero-order valence-corrected chi connectivity index (χ0v) is 12.9. The molecule has 2 heterocycles. The molecule has 0 aromatic carbocycles. The topological polar surface area (TPSA) is 46.5 Å². The predicted molar refractivity (Wildman–Crippen MR) is 80.8 cm³/mol. The molecule has 1 N–H and O–H groups in total. The van der Waals surface area contributed by atoms with Gasteiger partial charge in [-0.25, -0.2) is 4.98 Å². The van der Waals surface area contributed by atoms with E-state index in [2.05, 4.69) is 48.5 Å². The second-order valence-electron chi connectivity index (χ2n) is 6.09. The minimum atomic E-state index is 0.558. The summed E-state index contributed by atoms with van der Waals surface area (Å²) in [5.74, 6) is 2.29. The fourth-order valence-electron chi connectivity index (χ4n) is 3.33. The molecule has 0 aliphatic heterocycles. The maximum atomic E-state index is 4.88. The molecule has 2 atom stereocenters. The van der Waals surface area contributed by atoms with Crippen molar-refractivity contribution in [1.82, 2.24) is 19.7 Å². The number of H-pyrrole nitrogens is 1. The van der Waals surface area contributed by atoms with Gasteiger partial charge in [0.1, 0.15) is 5.69 Å². The molecule has 2 aromatic rings. The largest absolute Gasteiger partial charge is 0.340 e. The van der Waals surface area contributed by atoms with Crippen LogP contribution in [0.15, 0.2) is 6.07 Å². The Labute approximate surface area is 120 Å². The lowest BCUT2D eigenvalue weighted by Gasteiger charge is -2.22. The van der Waals surface area contributed by atoms with E-state index in [9.17, 15) is 0 Å². The van der Waals surface area contributed by atoms with Crippen LogP contribution < -0.4 is 0 Å². The fraction of sp³-hybridized carbons (Fsp3) is 0.625. The van der Waals surface area contributed by atoms with Crippen LogP contribution in [0.3, 0.4) is 0 Å². The van der Waals surface area contributed by atoms with Crippen LogP contribution in [-0.4, -0.2) is 19.7 Å². The van der Waals surface area contributed by atoms with Crippen molar-refractivity contribution >= 4 is 0 Å². The molecular formula is C16H24N4. The summed E-state index contributed by atoms with van der Waals surface area (Å²) in [4.78, 5) is 8.43. The van der Waals surface area contributed by atoms with E-state index < -0.39 is 0 Å². The van der Waals surface area contributed by atoms with Crippen LogP contribution in [0, 0.1) is 5.92 Å². The molecular weight excluding hydrogens is 248 g/mol. The van der Waals surface area contributed by atoms with Gasteiger partial charge < -0.3 is 4.98 Å². The second kappa shape index (κ2) is 5.08. The van der Waals surface area contributed by atoms with Gasteiger partial charge in [-0.05, 0) is 38.2 Å². The van der Waals surface area contributed by atoms with E-state index in [0.29, 0.717) is 5.92 Å². The highest BCUT2D eigenvalue weighted by Crippen LogP contribution is 2.34. The van der Waals surface area contributed by atoms with E-state index in [0.717, 1.165) is 42.5 Å². The van der Waals surface area contributed by atoms with Crippen molar-refractivity contribution in [2.75, 3.05) is 0 Å². The Morgan fingerprint density at radius 1 is 1.35 bits per heavy atom. The second-order valence-corrected chi connectivity index (χ2v) is 6.09. The first-order valence-corrected chi connectivity index (χ1v) is 7.78. The van der Waals surface area contributed by atoms with Crippen LogP contribution >= 0.6 is 0 Å².